The molecule has 140 valence electrons. The van der Waals surface area contributed by atoms with Crippen molar-refractivity contribution in [2.75, 3.05) is 19.8 Å². The van der Waals surface area contributed by atoms with E-state index in [1.807, 2.05) is 6.07 Å². The van der Waals surface area contributed by atoms with Gasteiger partial charge in [0.15, 0.2) is 5.16 Å². The van der Waals surface area contributed by atoms with E-state index in [1.165, 1.54) is 30.2 Å². The van der Waals surface area contributed by atoms with Crippen LogP contribution in [-0.2, 0) is 16.6 Å². The number of fused-ring (bicyclic) bond motifs is 1. The third-order valence-electron chi connectivity index (χ3n) is 3.75. The molecular weight excluding hydrogens is 358 g/mol. The fraction of sp³-hybridized carbons (Fsp3) is 0.588. The summed E-state index contributed by atoms with van der Waals surface area (Å²) in [4.78, 5) is 4.87. The van der Waals surface area contributed by atoms with Crippen molar-refractivity contribution in [1.82, 2.24) is 13.9 Å². The lowest BCUT2D eigenvalue weighted by atomic mass is 10.2. The summed E-state index contributed by atoms with van der Waals surface area (Å²) in [7, 11) is -0.451. The quantitative estimate of drug-likeness (QED) is 0.707. The van der Waals surface area contributed by atoms with Crippen LogP contribution in [0.1, 0.15) is 33.6 Å². The highest BCUT2D eigenvalue weighted by Crippen LogP contribution is 2.29. The number of hydrogen-bond acceptors (Lipinski definition) is 5. The molecule has 0 saturated heterocycles. The maximum absolute atomic E-state index is 12.3. The molecule has 0 amide bonds. The third kappa shape index (κ3) is 4.75. The lowest BCUT2D eigenvalue weighted by molar-refractivity contribution is 0.107. The highest BCUT2D eigenvalue weighted by Gasteiger charge is 2.21. The maximum Gasteiger partial charge on any atom is 0.242 e. The molecule has 1 heterocycles. The Morgan fingerprint density at radius 1 is 1.32 bits per heavy atom. The third-order valence-corrected chi connectivity index (χ3v) is 6.98. The van der Waals surface area contributed by atoms with Gasteiger partial charge in [0.05, 0.1) is 21.5 Å². The normalized spacial score (nSPS) is 13.1. The monoisotopic (exact) mass is 385 g/mol. The van der Waals surface area contributed by atoms with Gasteiger partial charge in [-0.25, -0.2) is 17.7 Å². The summed E-state index contributed by atoms with van der Waals surface area (Å²) in [6.45, 7) is 6.48. The number of rotatable bonds is 8. The molecule has 0 aliphatic carbocycles. The number of benzene rings is 1. The first-order chi connectivity index (χ1) is 11.6. The van der Waals surface area contributed by atoms with Crippen LogP contribution in [0.2, 0.25) is 0 Å². The van der Waals surface area contributed by atoms with E-state index in [0.29, 0.717) is 11.3 Å². The van der Waals surface area contributed by atoms with Gasteiger partial charge in [0.2, 0.25) is 10.0 Å². The number of sulfonamides is 1. The van der Waals surface area contributed by atoms with Gasteiger partial charge in [-0.15, -0.1) is 0 Å². The van der Waals surface area contributed by atoms with Gasteiger partial charge in [-0.1, -0.05) is 25.1 Å². The van der Waals surface area contributed by atoms with Crippen molar-refractivity contribution in [3.8, 4) is 0 Å². The number of aromatic nitrogens is 2. The molecule has 6 nitrogen and oxygen atoms in total. The second kappa shape index (κ2) is 7.65. The van der Waals surface area contributed by atoms with Crippen molar-refractivity contribution >= 4 is 32.8 Å². The maximum atomic E-state index is 12.3. The predicted octanol–water partition coefficient (Wildman–Crippen LogP) is 2.95. The molecule has 2 aromatic rings. The van der Waals surface area contributed by atoms with Crippen molar-refractivity contribution in [3.05, 3.63) is 18.2 Å². The van der Waals surface area contributed by atoms with Gasteiger partial charge in [0.25, 0.3) is 0 Å². The Bertz CT molecular complexity index is 837. The summed E-state index contributed by atoms with van der Waals surface area (Å²) in [5.74, 6) is 0.519. The molecule has 0 atom stereocenters. The van der Waals surface area contributed by atoms with Gasteiger partial charge in [-0.05, 0) is 38.5 Å². The summed E-state index contributed by atoms with van der Waals surface area (Å²) < 4.78 is 28.0. The van der Waals surface area contributed by atoms with Crippen LogP contribution < -0.4 is 0 Å². The number of thioether (sulfide) groups is 1. The van der Waals surface area contributed by atoms with Crippen LogP contribution >= 0.6 is 11.8 Å². The first-order valence-corrected chi connectivity index (χ1v) is 10.8. The molecule has 0 aliphatic rings. The molecule has 1 aromatic heterocycles. The minimum atomic E-state index is -3.49. The van der Waals surface area contributed by atoms with Crippen LogP contribution in [0.4, 0.5) is 0 Å². The first-order valence-electron chi connectivity index (χ1n) is 8.34. The zero-order valence-corrected chi connectivity index (χ0v) is 17.1. The van der Waals surface area contributed by atoms with Gasteiger partial charge in [-0.3, -0.25) is 0 Å². The second-order valence-corrected chi connectivity index (χ2v) is 10.0. The molecule has 0 bridgehead atoms. The Balaban J connectivity index is 2.49. The van der Waals surface area contributed by atoms with E-state index in [1.54, 1.807) is 26.0 Å². The molecule has 0 saturated carbocycles. The van der Waals surface area contributed by atoms with E-state index < -0.39 is 15.6 Å². The van der Waals surface area contributed by atoms with Gasteiger partial charge < -0.3 is 9.67 Å². The van der Waals surface area contributed by atoms with Gasteiger partial charge in [0.1, 0.15) is 0 Å². The van der Waals surface area contributed by atoms with E-state index in [-0.39, 0.29) is 4.90 Å². The zero-order chi connectivity index (χ0) is 18.8. The van der Waals surface area contributed by atoms with Gasteiger partial charge >= 0.3 is 0 Å². The van der Waals surface area contributed by atoms with E-state index >= 15 is 0 Å². The average molecular weight is 386 g/mol. The summed E-state index contributed by atoms with van der Waals surface area (Å²) in [6.07, 6.45) is 2.07. The lowest BCUT2D eigenvalue weighted by Gasteiger charge is -2.16. The number of aryl methyl sites for hydroxylation is 1. The number of nitrogens with zero attached hydrogens (tertiary/aromatic N) is 3. The summed E-state index contributed by atoms with van der Waals surface area (Å²) in [5, 5.41) is 10.8. The van der Waals surface area contributed by atoms with Crippen molar-refractivity contribution in [2.24, 2.45) is 0 Å². The number of unbranched alkanes of at least 4 members (excludes halogenated alkanes) is 1. The zero-order valence-electron chi connectivity index (χ0n) is 15.5. The number of imidazole rings is 1. The Morgan fingerprint density at radius 2 is 2.00 bits per heavy atom. The molecule has 0 radical (unpaired) electrons. The van der Waals surface area contributed by atoms with Crippen LogP contribution in [0.25, 0.3) is 11.0 Å². The lowest BCUT2D eigenvalue weighted by Crippen LogP contribution is -2.22. The highest BCUT2D eigenvalue weighted by atomic mass is 32.2. The van der Waals surface area contributed by atoms with Crippen molar-refractivity contribution in [2.45, 2.75) is 55.8 Å². The first kappa shape index (κ1) is 20.2. The van der Waals surface area contributed by atoms with Crippen molar-refractivity contribution in [1.29, 1.82) is 0 Å². The smallest absolute Gasteiger partial charge is 0.242 e. The molecule has 0 unspecified atom stereocenters. The molecule has 2 rings (SSSR count). The van der Waals surface area contributed by atoms with Crippen LogP contribution in [0.15, 0.2) is 28.3 Å². The van der Waals surface area contributed by atoms with Crippen molar-refractivity contribution in [3.63, 3.8) is 0 Å². The molecule has 1 N–H and O–H groups in total. The number of aliphatic hydroxyl groups is 1. The summed E-state index contributed by atoms with van der Waals surface area (Å²) in [6, 6.07) is 5.08. The Kier molecular flexibility index (Phi) is 6.19. The van der Waals surface area contributed by atoms with Crippen LogP contribution in [0.5, 0.6) is 0 Å². The fourth-order valence-electron chi connectivity index (χ4n) is 2.34. The highest BCUT2D eigenvalue weighted by molar-refractivity contribution is 7.99. The molecule has 25 heavy (non-hydrogen) atoms. The minimum Gasteiger partial charge on any atom is -0.390 e. The van der Waals surface area contributed by atoms with E-state index in [4.69, 9.17) is 0 Å². The number of hydrogen-bond donors (Lipinski definition) is 1. The SMILES string of the molecule is CCCCn1c(SCC(C)(C)O)nc2cc(S(=O)(=O)N(C)C)ccc21. The van der Waals surface area contributed by atoms with Crippen LogP contribution in [0.3, 0.4) is 0 Å². The molecular formula is C17H27N3O3S2. The second-order valence-electron chi connectivity index (χ2n) is 6.94. The fourth-order valence-corrected chi connectivity index (χ4v) is 4.26. The summed E-state index contributed by atoms with van der Waals surface area (Å²) in [5.41, 5.74) is 0.791. The minimum absolute atomic E-state index is 0.240. The Hall–Kier alpha value is -1.09. The van der Waals surface area contributed by atoms with Crippen LogP contribution in [-0.4, -0.2) is 52.8 Å². The average Bonchev–Trinajstić information content (AvgIpc) is 2.86. The van der Waals surface area contributed by atoms with Gasteiger partial charge in [-0.2, -0.15) is 0 Å². The largest absolute Gasteiger partial charge is 0.390 e. The topological polar surface area (TPSA) is 75.4 Å². The molecule has 0 fully saturated rings. The van der Waals surface area contributed by atoms with Gasteiger partial charge in [0, 0.05) is 26.4 Å². The van der Waals surface area contributed by atoms with Crippen molar-refractivity contribution < 1.29 is 13.5 Å². The summed E-state index contributed by atoms with van der Waals surface area (Å²) >= 11 is 1.49. The Labute approximate surface area is 154 Å². The predicted molar refractivity (Wildman–Crippen MR) is 103 cm³/mol. The molecule has 0 spiro atoms. The van der Waals surface area contributed by atoms with Crippen LogP contribution in [0, 0.1) is 0 Å². The molecule has 1 aromatic carbocycles. The molecule has 0 aliphatic heterocycles. The van der Waals surface area contributed by atoms with E-state index in [9.17, 15) is 13.5 Å². The van der Waals surface area contributed by atoms with E-state index in [0.717, 1.165) is 30.1 Å². The standard InChI is InChI=1S/C17H27N3O3S2/c1-6-7-10-20-15-9-8-13(25(22,23)19(4)5)11-14(15)18-16(20)24-12-17(2,3)21/h8-9,11,21H,6-7,10,12H2,1-5H3. The molecule has 8 heteroatoms. The Morgan fingerprint density at radius 3 is 2.56 bits per heavy atom. The van der Waals surface area contributed by atoms with E-state index in [2.05, 4.69) is 16.5 Å².